The molecule has 164 valence electrons. The molecule has 0 bridgehead atoms. The minimum atomic E-state index is -0.915. The molecule has 2 rings (SSSR count). The zero-order valence-electron chi connectivity index (χ0n) is 18.3. The summed E-state index contributed by atoms with van der Waals surface area (Å²) >= 11 is 1.54. The molecule has 1 saturated carbocycles. The van der Waals surface area contributed by atoms with Crippen molar-refractivity contribution in [2.75, 3.05) is 6.54 Å². The first-order valence-corrected chi connectivity index (χ1v) is 11.4. The number of hydrogen-bond acceptors (Lipinski definition) is 5. The van der Waals surface area contributed by atoms with Crippen molar-refractivity contribution >= 4 is 29.6 Å². The zero-order valence-corrected chi connectivity index (χ0v) is 19.1. The fraction of sp³-hybridized carbons (Fsp3) is 0.773. The molecule has 0 aromatic carbocycles. The second-order valence-corrected chi connectivity index (χ2v) is 11.0. The number of carbonyl (C=O) groups excluding carboxylic acids is 2. The lowest BCUT2D eigenvalue weighted by Crippen LogP contribution is -2.47. The Hall–Kier alpha value is -1.50. The van der Waals surface area contributed by atoms with E-state index in [4.69, 9.17) is 9.84 Å². The Bertz CT molecular complexity index is 655. The van der Waals surface area contributed by atoms with Crippen molar-refractivity contribution in [3.8, 4) is 0 Å². The maximum atomic E-state index is 13.1. The van der Waals surface area contributed by atoms with Gasteiger partial charge in [0.2, 0.25) is 5.91 Å². The Morgan fingerprint density at radius 2 is 1.93 bits per heavy atom. The highest BCUT2D eigenvalue weighted by Crippen LogP contribution is 2.52. The molecular formula is C22H35NO5S. The molecule has 1 heterocycles. The van der Waals surface area contributed by atoms with E-state index >= 15 is 0 Å². The van der Waals surface area contributed by atoms with Crippen LogP contribution in [-0.4, -0.2) is 50.1 Å². The number of aliphatic carboxylic acids is 1. The van der Waals surface area contributed by atoms with Gasteiger partial charge in [-0.1, -0.05) is 25.5 Å². The van der Waals surface area contributed by atoms with E-state index in [9.17, 15) is 14.4 Å². The molecule has 29 heavy (non-hydrogen) atoms. The SMILES string of the molecule is CC(C)CC=C1CCC2(CC1)SC(CC(=O)OC(C)(C)C)C(=O)N2CCC(=O)O. The van der Waals surface area contributed by atoms with E-state index in [2.05, 4.69) is 19.9 Å². The normalized spacial score (nSPS) is 25.0. The lowest BCUT2D eigenvalue weighted by Gasteiger charge is -2.41. The lowest BCUT2D eigenvalue weighted by molar-refractivity contribution is -0.156. The number of nitrogens with zero attached hydrogens (tertiary/aromatic N) is 1. The number of carboxylic acids is 1. The molecule has 1 saturated heterocycles. The van der Waals surface area contributed by atoms with Gasteiger partial charge in [0.05, 0.1) is 23.0 Å². The van der Waals surface area contributed by atoms with Crippen molar-refractivity contribution in [2.45, 2.75) is 95.3 Å². The van der Waals surface area contributed by atoms with Crippen LogP contribution in [-0.2, 0) is 19.1 Å². The third-order valence-corrected chi connectivity index (χ3v) is 6.99. The highest BCUT2D eigenvalue weighted by molar-refractivity contribution is 8.02. The van der Waals surface area contributed by atoms with Crippen molar-refractivity contribution in [2.24, 2.45) is 5.92 Å². The number of allylic oxidation sites excluding steroid dienone is 2. The Labute approximate surface area is 178 Å². The number of esters is 1. The van der Waals surface area contributed by atoms with Crippen LogP contribution in [0.5, 0.6) is 0 Å². The molecule has 1 spiro atoms. The van der Waals surface area contributed by atoms with Gasteiger partial charge in [0, 0.05) is 6.54 Å². The average molecular weight is 426 g/mol. The highest BCUT2D eigenvalue weighted by Gasteiger charge is 2.52. The number of hydrogen-bond donors (Lipinski definition) is 1. The third kappa shape index (κ3) is 6.76. The smallest absolute Gasteiger partial charge is 0.307 e. The Morgan fingerprint density at radius 3 is 2.45 bits per heavy atom. The molecule has 1 N–H and O–H groups in total. The Kier molecular flexibility index (Phi) is 7.82. The summed E-state index contributed by atoms with van der Waals surface area (Å²) in [5.74, 6) is -0.809. The molecule has 2 aliphatic rings. The van der Waals surface area contributed by atoms with Crippen molar-refractivity contribution in [3.63, 3.8) is 0 Å². The fourth-order valence-electron chi connectivity index (χ4n) is 3.89. The van der Waals surface area contributed by atoms with Crippen LogP contribution in [0.4, 0.5) is 0 Å². The second-order valence-electron chi connectivity index (χ2n) is 9.47. The third-order valence-electron chi connectivity index (χ3n) is 5.27. The molecule has 1 amide bonds. The first kappa shape index (κ1) is 23.8. The van der Waals surface area contributed by atoms with Crippen LogP contribution in [0.25, 0.3) is 0 Å². The monoisotopic (exact) mass is 425 g/mol. The van der Waals surface area contributed by atoms with E-state index in [1.54, 1.807) is 25.7 Å². The van der Waals surface area contributed by atoms with Gasteiger partial charge in [-0.3, -0.25) is 14.4 Å². The van der Waals surface area contributed by atoms with Gasteiger partial charge in [-0.25, -0.2) is 0 Å². The van der Waals surface area contributed by atoms with Crippen LogP contribution < -0.4 is 0 Å². The predicted molar refractivity (Wildman–Crippen MR) is 115 cm³/mol. The molecule has 7 heteroatoms. The van der Waals surface area contributed by atoms with Crippen LogP contribution in [0.15, 0.2) is 11.6 Å². The number of ether oxygens (including phenoxy) is 1. The van der Waals surface area contributed by atoms with Gasteiger partial charge in [0.25, 0.3) is 0 Å². The quantitative estimate of drug-likeness (QED) is 0.481. The second kappa shape index (κ2) is 9.54. The van der Waals surface area contributed by atoms with E-state index in [0.717, 1.165) is 32.1 Å². The first-order valence-electron chi connectivity index (χ1n) is 10.5. The number of carboxylic acid groups (broad SMARTS) is 1. The summed E-state index contributed by atoms with van der Waals surface area (Å²) in [5, 5.41) is 8.62. The number of carbonyl (C=O) groups is 3. The van der Waals surface area contributed by atoms with Gasteiger partial charge < -0.3 is 14.7 Å². The molecule has 0 aromatic heterocycles. The molecule has 1 aliphatic carbocycles. The van der Waals surface area contributed by atoms with E-state index in [1.165, 1.54) is 17.3 Å². The van der Waals surface area contributed by atoms with Gasteiger partial charge >= 0.3 is 11.9 Å². The number of amides is 1. The van der Waals surface area contributed by atoms with E-state index in [1.807, 2.05) is 0 Å². The van der Waals surface area contributed by atoms with Crippen molar-refractivity contribution in [3.05, 3.63) is 11.6 Å². The van der Waals surface area contributed by atoms with Gasteiger partial charge in [-0.2, -0.15) is 0 Å². The summed E-state index contributed by atoms with van der Waals surface area (Å²) in [7, 11) is 0. The van der Waals surface area contributed by atoms with Crippen LogP contribution in [0, 0.1) is 5.92 Å². The van der Waals surface area contributed by atoms with Gasteiger partial charge in [-0.15, -0.1) is 11.8 Å². The first-order chi connectivity index (χ1) is 13.4. The highest BCUT2D eigenvalue weighted by atomic mass is 32.2. The van der Waals surface area contributed by atoms with E-state index in [0.29, 0.717) is 5.92 Å². The summed E-state index contributed by atoms with van der Waals surface area (Å²) < 4.78 is 5.40. The molecule has 1 unspecified atom stereocenters. The minimum absolute atomic E-state index is 0.0299. The average Bonchev–Trinajstić information content (AvgIpc) is 2.82. The number of rotatable bonds is 7. The Morgan fingerprint density at radius 1 is 1.31 bits per heavy atom. The molecule has 2 fully saturated rings. The summed E-state index contributed by atoms with van der Waals surface area (Å²) in [6, 6.07) is 0. The van der Waals surface area contributed by atoms with Gasteiger partial charge in [-0.05, 0) is 58.8 Å². The van der Waals surface area contributed by atoms with Crippen molar-refractivity contribution < 1.29 is 24.2 Å². The van der Waals surface area contributed by atoms with Crippen LogP contribution in [0.2, 0.25) is 0 Å². The van der Waals surface area contributed by atoms with Crippen molar-refractivity contribution in [1.29, 1.82) is 0 Å². The summed E-state index contributed by atoms with van der Waals surface area (Å²) in [6.45, 7) is 10.0. The maximum absolute atomic E-state index is 13.1. The molecule has 1 atom stereocenters. The van der Waals surface area contributed by atoms with Crippen molar-refractivity contribution in [1.82, 2.24) is 4.90 Å². The summed E-state index contributed by atoms with van der Waals surface area (Å²) in [6.07, 6.45) is 6.75. The molecule has 0 aromatic rings. The molecule has 1 aliphatic heterocycles. The molecule has 6 nitrogen and oxygen atoms in total. The van der Waals surface area contributed by atoms with Gasteiger partial charge in [0.1, 0.15) is 5.60 Å². The van der Waals surface area contributed by atoms with E-state index in [-0.39, 0.29) is 31.3 Å². The van der Waals surface area contributed by atoms with Gasteiger partial charge in [0.15, 0.2) is 0 Å². The molecule has 0 radical (unpaired) electrons. The van der Waals surface area contributed by atoms with E-state index < -0.39 is 21.7 Å². The maximum Gasteiger partial charge on any atom is 0.307 e. The minimum Gasteiger partial charge on any atom is -0.481 e. The summed E-state index contributed by atoms with van der Waals surface area (Å²) in [5.41, 5.74) is 0.830. The fourth-order valence-corrected chi connectivity index (χ4v) is 5.62. The zero-order chi connectivity index (χ0) is 21.8. The topological polar surface area (TPSA) is 83.9 Å². The number of thioether (sulfide) groups is 1. The predicted octanol–water partition coefficient (Wildman–Crippen LogP) is 4.38. The van der Waals surface area contributed by atoms with Crippen LogP contribution in [0.1, 0.15) is 79.6 Å². The largest absolute Gasteiger partial charge is 0.481 e. The molecular weight excluding hydrogens is 390 g/mol. The lowest BCUT2D eigenvalue weighted by atomic mass is 9.87. The summed E-state index contributed by atoms with van der Waals surface area (Å²) in [4.78, 5) is 37.8. The van der Waals surface area contributed by atoms with Crippen LogP contribution in [0.3, 0.4) is 0 Å². The van der Waals surface area contributed by atoms with Crippen LogP contribution >= 0.6 is 11.8 Å². The standard InChI is InChI=1S/C22H35NO5S/c1-15(2)6-7-16-8-11-22(12-9-16)23(13-10-18(24)25)20(27)17(29-22)14-19(26)28-21(3,4)5/h7,15,17H,6,8-14H2,1-5H3,(H,24,25). The Balaban J connectivity index is 2.12.